The molecule has 0 radical (unpaired) electrons. The highest BCUT2D eigenvalue weighted by Gasteiger charge is 2.21. The Morgan fingerprint density at radius 1 is 0.778 bits per heavy atom. The van der Waals surface area contributed by atoms with Gasteiger partial charge in [-0.3, -0.25) is 0 Å². The van der Waals surface area contributed by atoms with Gasteiger partial charge in [-0.1, -0.05) is 68.2 Å². The van der Waals surface area contributed by atoms with Gasteiger partial charge in [-0.25, -0.2) is 0 Å². The molecule has 0 aromatic heterocycles. The molecule has 4 unspecified atom stereocenters. The van der Waals surface area contributed by atoms with Crippen LogP contribution in [0.2, 0.25) is 0 Å². The molecule has 0 aliphatic carbocycles. The molecule has 0 aromatic carbocycles. The van der Waals surface area contributed by atoms with Gasteiger partial charge < -0.3 is 0 Å². The molecule has 0 aliphatic heterocycles. The van der Waals surface area contributed by atoms with Crippen molar-refractivity contribution in [1.82, 2.24) is 0 Å². The Morgan fingerprint density at radius 3 is 1.78 bits per heavy atom. The predicted molar refractivity (Wildman–Crippen MR) is 84.9 cm³/mol. The van der Waals surface area contributed by atoms with Crippen LogP contribution in [0.25, 0.3) is 0 Å². The first-order valence-electron chi connectivity index (χ1n) is 8.21. The first kappa shape index (κ1) is 18.0. The van der Waals surface area contributed by atoms with Crippen molar-refractivity contribution in [2.45, 2.75) is 87.5 Å². The summed E-state index contributed by atoms with van der Waals surface area (Å²) in [4.78, 5) is 0. The third-order valence-electron chi connectivity index (χ3n) is 5.05. The first-order chi connectivity index (χ1) is 8.21. The summed E-state index contributed by atoms with van der Waals surface area (Å²) in [5.41, 5.74) is 0.529. The van der Waals surface area contributed by atoms with Crippen LogP contribution in [0.15, 0.2) is 0 Å². The molecule has 18 heavy (non-hydrogen) atoms. The van der Waals surface area contributed by atoms with Crippen LogP contribution in [0, 0.1) is 29.1 Å². The van der Waals surface area contributed by atoms with Crippen LogP contribution in [-0.2, 0) is 0 Å². The quantitative estimate of drug-likeness (QED) is 0.438. The smallest absolute Gasteiger partial charge is 0.0354 e. The molecular formula is C18H38. The van der Waals surface area contributed by atoms with Gasteiger partial charge >= 0.3 is 0 Å². The van der Waals surface area contributed by atoms with Crippen molar-refractivity contribution in [2.75, 3.05) is 0 Å². The third-order valence-corrected chi connectivity index (χ3v) is 5.05. The van der Waals surface area contributed by atoms with Gasteiger partial charge in [0.05, 0.1) is 0 Å². The highest BCUT2D eigenvalue weighted by molar-refractivity contribution is 4.73. The van der Waals surface area contributed by atoms with Crippen molar-refractivity contribution in [3.05, 3.63) is 0 Å². The lowest BCUT2D eigenvalue weighted by molar-refractivity contribution is 0.222. The maximum atomic E-state index is 2.45. The molecule has 0 aliphatic rings. The molecule has 0 bridgehead atoms. The molecule has 0 spiro atoms. The Hall–Kier alpha value is 0. The van der Waals surface area contributed by atoms with Crippen LogP contribution in [0.5, 0.6) is 0 Å². The minimum atomic E-state index is 0.529. The Kier molecular flexibility index (Phi) is 8.23. The zero-order valence-electron chi connectivity index (χ0n) is 14.3. The van der Waals surface area contributed by atoms with Crippen LogP contribution in [0.3, 0.4) is 0 Å². The topological polar surface area (TPSA) is 0 Å². The molecule has 0 heterocycles. The summed E-state index contributed by atoms with van der Waals surface area (Å²) in [5.74, 6) is 3.53. The molecule has 4 atom stereocenters. The maximum absolute atomic E-state index is 2.45. The Balaban J connectivity index is 4.04. The first-order valence-corrected chi connectivity index (χ1v) is 8.21. The second-order valence-electron chi connectivity index (χ2n) is 7.77. The van der Waals surface area contributed by atoms with Gasteiger partial charge in [-0.2, -0.15) is 0 Å². The molecule has 0 saturated carbocycles. The normalized spacial score (nSPS) is 19.3. The molecule has 0 amide bonds. The fraction of sp³-hybridized carbons (Fsp3) is 1.00. The summed E-state index contributed by atoms with van der Waals surface area (Å²) in [6.07, 6.45) is 6.82. The standard InChI is InChI=1S/C18H38/c1-9-16(5)17(6)12-14(3)11-15(4)13-18(7,8)10-2/h14-17H,9-13H2,1-8H3. The lowest BCUT2D eigenvalue weighted by Gasteiger charge is -2.29. The molecule has 0 fully saturated rings. The summed E-state index contributed by atoms with van der Waals surface area (Å²) in [6, 6.07) is 0. The molecule has 0 rings (SSSR count). The van der Waals surface area contributed by atoms with E-state index >= 15 is 0 Å². The lowest BCUT2D eigenvalue weighted by Crippen LogP contribution is -2.18. The highest BCUT2D eigenvalue weighted by atomic mass is 14.3. The second-order valence-corrected chi connectivity index (χ2v) is 7.77. The van der Waals surface area contributed by atoms with E-state index in [1.807, 2.05) is 0 Å². The molecule has 110 valence electrons. The van der Waals surface area contributed by atoms with Gasteiger partial charge in [0.1, 0.15) is 0 Å². The van der Waals surface area contributed by atoms with E-state index < -0.39 is 0 Å². The van der Waals surface area contributed by atoms with E-state index in [9.17, 15) is 0 Å². The molecular weight excluding hydrogens is 216 g/mol. The Labute approximate surface area is 117 Å². The SMILES string of the molecule is CCC(C)C(C)CC(C)CC(C)CC(C)(C)CC. The van der Waals surface area contributed by atoms with Crippen LogP contribution in [-0.4, -0.2) is 0 Å². The molecule has 0 aromatic rings. The van der Waals surface area contributed by atoms with Crippen molar-refractivity contribution < 1.29 is 0 Å². The lowest BCUT2D eigenvalue weighted by atomic mass is 9.77. The van der Waals surface area contributed by atoms with Gasteiger partial charge in [-0.15, -0.1) is 0 Å². The monoisotopic (exact) mass is 254 g/mol. The van der Waals surface area contributed by atoms with Gasteiger partial charge in [-0.05, 0) is 48.3 Å². The fourth-order valence-corrected chi connectivity index (χ4v) is 3.22. The maximum Gasteiger partial charge on any atom is -0.0354 e. The van der Waals surface area contributed by atoms with E-state index in [2.05, 4.69) is 55.4 Å². The highest BCUT2D eigenvalue weighted by Crippen LogP contribution is 2.33. The fourth-order valence-electron chi connectivity index (χ4n) is 3.22. The average molecular weight is 255 g/mol. The molecule has 0 nitrogen and oxygen atoms in total. The van der Waals surface area contributed by atoms with Crippen LogP contribution >= 0.6 is 0 Å². The molecule has 0 N–H and O–H groups in total. The predicted octanol–water partition coefficient (Wildman–Crippen LogP) is 6.55. The third kappa shape index (κ3) is 7.44. The van der Waals surface area contributed by atoms with Gasteiger partial charge in [0.15, 0.2) is 0 Å². The van der Waals surface area contributed by atoms with Crippen molar-refractivity contribution >= 4 is 0 Å². The minimum Gasteiger partial charge on any atom is -0.0651 e. The van der Waals surface area contributed by atoms with E-state index in [-0.39, 0.29) is 0 Å². The summed E-state index contributed by atoms with van der Waals surface area (Å²) < 4.78 is 0. The number of hydrogen-bond donors (Lipinski definition) is 0. The summed E-state index contributed by atoms with van der Waals surface area (Å²) in [7, 11) is 0. The van der Waals surface area contributed by atoms with Gasteiger partial charge in [0.2, 0.25) is 0 Å². The minimum absolute atomic E-state index is 0.529. The van der Waals surface area contributed by atoms with Crippen molar-refractivity contribution in [3.8, 4) is 0 Å². The molecule has 0 heteroatoms. The average Bonchev–Trinajstić information content (AvgIpc) is 2.26. The van der Waals surface area contributed by atoms with E-state index in [1.54, 1.807) is 0 Å². The van der Waals surface area contributed by atoms with E-state index in [0.29, 0.717) is 5.41 Å². The largest absolute Gasteiger partial charge is 0.0651 e. The van der Waals surface area contributed by atoms with E-state index in [0.717, 1.165) is 23.7 Å². The number of hydrogen-bond acceptors (Lipinski definition) is 0. The Bertz CT molecular complexity index is 204. The van der Waals surface area contributed by atoms with Crippen molar-refractivity contribution in [3.63, 3.8) is 0 Å². The summed E-state index contributed by atoms with van der Waals surface area (Å²) in [5, 5.41) is 0. The van der Waals surface area contributed by atoms with E-state index in [1.165, 1.54) is 32.1 Å². The van der Waals surface area contributed by atoms with Crippen LogP contribution in [0.4, 0.5) is 0 Å². The summed E-state index contributed by atoms with van der Waals surface area (Å²) >= 11 is 0. The van der Waals surface area contributed by atoms with Crippen LogP contribution < -0.4 is 0 Å². The van der Waals surface area contributed by atoms with E-state index in [4.69, 9.17) is 0 Å². The molecule has 0 saturated heterocycles. The zero-order chi connectivity index (χ0) is 14.3. The zero-order valence-corrected chi connectivity index (χ0v) is 14.3. The second kappa shape index (κ2) is 8.23. The number of rotatable bonds is 9. The van der Waals surface area contributed by atoms with Gasteiger partial charge in [0, 0.05) is 0 Å². The summed E-state index contributed by atoms with van der Waals surface area (Å²) in [6.45, 7) is 19.2. The van der Waals surface area contributed by atoms with Crippen molar-refractivity contribution in [2.24, 2.45) is 29.1 Å². The Morgan fingerprint density at radius 2 is 1.33 bits per heavy atom. The van der Waals surface area contributed by atoms with Gasteiger partial charge in [0.25, 0.3) is 0 Å². The van der Waals surface area contributed by atoms with Crippen molar-refractivity contribution in [1.29, 1.82) is 0 Å². The van der Waals surface area contributed by atoms with Crippen LogP contribution in [0.1, 0.15) is 87.5 Å².